The molecule has 0 amide bonds. The lowest BCUT2D eigenvalue weighted by molar-refractivity contribution is -0.148. The van der Waals surface area contributed by atoms with Crippen molar-refractivity contribution < 1.29 is 27.5 Å². The van der Waals surface area contributed by atoms with Crippen LogP contribution in [0.4, 0.5) is 0 Å². The molecule has 12 heteroatoms. The van der Waals surface area contributed by atoms with Crippen LogP contribution in [0.3, 0.4) is 0 Å². The average Bonchev–Trinajstić information content (AvgIpc) is 2.88. The van der Waals surface area contributed by atoms with Crippen molar-refractivity contribution in [1.82, 2.24) is 9.44 Å². The lowest BCUT2D eigenvalue weighted by Crippen LogP contribution is -2.48. The Kier molecular flexibility index (Phi) is 16.9. The van der Waals surface area contributed by atoms with Crippen LogP contribution in [0, 0.1) is 10.8 Å². The Bertz CT molecular complexity index is 1090. The lowest BCUT2D eigenvalue weighted by Gasteiger charge is -2.29. The molecule has 236 valence electrons. The molecule has 0 aliphatic rings. The van der Waals surface area contributed by atoms with Gasteiger partial charge < -0.3 is 9.47 Å². The van der Waals surface area contributed by atoms with Crippen LogP contribution in [0.15, 0.2) is 57.5 Å². The molecule has 0 saturated heterocycles. The molecule has 0 aromatic heterocycles. The molecule has 0 aliphatic carbocycles. The van der Waals surface area contributed by atoms with Crippen molar-refractivity contribution in [3.63, 3.8) is 0 Å². The van der Waals surface area contributed by atoms with Gasteiger partial charge in [0.15, 0.2) is 0 Å². The zero-order valence-electron chi connectivity index (χ0n) is 25.6. The molecule has 0 saturated carbocycles. The predicted molar refractivity (Wildman–Crippen MR) is 178 cm³/mol. The van der Waals surface area contributed by atoms with Crippen molar-refractivity contribution in [2.45, 2.75) is 79.0 Å². The normalized spacial score (nSPS) is 14.5. The summed E-state index contributed by atoms with van der Waals surface area (Å²) >= 11 is 6.72. The first-order valence-corrected chi connectivity index (χ1v) is 17.8. The van der Waals surface area contributed by atoms with Gasteiger partial charge in [0.1, 0.15) is 12.1 Å². The second kappa shape index (κ2) is 18.4. The molecule has 2 aromatic carbocycles. The maximum atomic E-state index is 12.2. The molecule has 0 spiro atoms. The Balaban J connectivity index is 0.000000420. The van der Waals surface area contributed by atoms with E-state index in [1.165, 1.54) is 0 Å². The van der Waals surface area contributed by atoms with Crippen LogP contribution < -0.4 is 9.44 Å². The van der Waals surface area contributed by atoms with Crippen molar-refractivity contribution in [3.8, 4) is 0 Å². The Hall–Kier alpha value is -1.44. The molecule has 2 N–H and O–H groups in total. The van der Waals surface area contributed by atoms with Gasteiger partial charge in [0.25, 0.3) is 0 Å². The molecule has 8 nitrogen and oxygen atoms in total. The summed E-state index contributed by atoms with van der Waals surface area (Å²) in [5.41, 5.74) is 1.14. The fraction of sp³-hybridized carbons (Fsp3) is 0.533. The molecule has 0 fully saturated rings. The van der Waals surface area contributed by atoms with Crippen LogP contribution in [0.1, 0.15) is 66.5 Å². The number of nitrogens with one attached hydrogen (secondary N) is 2. The highest BCUT2D eigenvalue weighted by Gasteiger charge is 2.34. The van der Waals surface area contributed by atoms with Crippen LogP contribution in [-0.4, -0.2) is 45.7 Å². The van der Waals surface area contributed by atoms with Crippen molar-refractivity contribution in [2.75, 3.05) is 13.2 Å². The van der Waals surface area contributed by atoms with Crippen LogP contribution >= 0.6 is 31.9 Å². The second-order valence-electron chi connectivity index (χ2n) is 11.6. The van der Waals surface area contributed by atoms with E-state index in [9.17, 15) is 18.0 Å². The van der Waals surface area contributed by atoms with Gasteiger partial charge in [0.05, 0.1) is 46.7 Å². The second-order valence-corrected chi connectivity index (χ2v) is 15.8. The van der Waals surface area contributed by atoms with Crippen molar-refractivity contribution >= 4 is 65.8 Å². The van der Waals surface area contributed by atoms with Crippen LogP contribution in [0.25, 0.3) is 0 Å². The number of benzene rings is 2. The topological polar surface area (TPSA) is 111 Å². The van der Waals surface area contributed by atoms with E-state index < -0.39 is 34.1 Å². The maximum Gasteiger partial charge on any atom is 0.324 e. The minimum atomic E-state index is -1.34. The largest absolute Gasteiger partial charge is 0.465 e. The number of rotatable bonds is 12. The molecule has 0 bridgehead atoms. The molecule has 0 aliphatic heterocycles. The summed E-state index contributed by atoms with van der Waals surface area (Å²) in [6, 6.07) is 14.0. The minimum absolute atomic E-state index is 0.312. The monoisotopic (exact) mass is 750 g/mol. The lowest BCUT2D eigenvalue weighted by atomic mass is 9.87. The Morgan fingerprint density at radius 3 is 1.19 bits per heavy atom. The first-order valence-electron chi connectivity index (χ1n) is 13.6. The third-order valence-electron chi connectivity index (χ3n) is 5.70. The van der Waals surface area contributed by atoms with E-state index in [4.69, 9.17) is 9.47 Å². The first kappa shape index (κ1) is 38.6. The van der Waals surface area contributed by atoms with Crippen molar-refractivity contribution in [2.24, 2.45) is 10.8 Å². The highest BCUT2D eigenvalue weighted by molar-refractivity contribution is 9.10. The fourth-order valence-electron chi connectivity index (χ4n) is 3.42. The van der Waals surface area contributed by atoms with Gasteiger partial charge in [-0.05, 0) is 60.1 Å². The van der Waals surface area contributed by atoms with Crippen molar-refractivity contribution in [1.29, 1.82) is 0 Å². The van der Waals surface area contributed by atoms with Gasteiger partial charge in [-0.25, -0.2) is 17.9 Å². The smallest absolute Gasteiger partial charge is 0.324 e. The molecular formula is C30H44Br2N2O6S2. The van der Waals surface area contributed by atoms with E-state index in [-0.39, 0.29) is 22.8 Å². The van der Waals surface area contributed by atoms with Gasteiger partial charge in [-0.3, -0.25) is 9.59 Å². The third-order valence-corrected chi connectivity index (χ3v) is 8.94. The summed E-state index contributed by atoms with van der Waals surface area (Å²) in [5, 5.41) is 0. The van der Waals surface area contributed by atoms with E-state index >= 15 is 0 Å². The minimum Gasteiger partial charge on any atom is -0.465 e. The molecular weight excluding hydrogens is 708 g/mol. The quantitative estimate of drug-likeness (QED) is 0.245. The molecule has 2 aromatic rings. The molecule has 0 radical (unpaired) electrons. The van der Waals surface area contributed by atoms with E-state index in [1.807, 2.05) is 90.1 Å². The molecule has 4 atom stereocenters. The number of hydrogen-bond acceptors (Lipinski definition) is 6. The summed E-state index contributed by atoms with van der Waals surface area (Å²) < 4.78 is 42.3. The predicted octanol–water partition coefficient (Wildman–Crippen LogP) is 6.36. The van der Waals surface area contributed by atoms with E-state index in [0.717, 1.165) is 20.1 Å². The standard InChI is InChI=1S/2C15H22BrNO3S/c2*1-5-20-14(18)13(15(2,3)4)17-21(19)10-11-6-8-12(16)9-7-11/h2*6-9,13,17H,5,10H2,1-4H3/t2*13-,21+/m11/s1. The number of carbonyl (C=O) groups excluding carboxylic acids is 2. The zero-order valence-corrected chi connectivity index (χ0v) is 30.4. The fourth-order valence-corrected chi connectivity index (χ4v) is 6.53. The van der Waals surface area contributed by atoms with Gasteiger partial charge in [-0.15, -0.1) is 0 Å². The number of hydrogen-bond donors (Lipinski definition) is 2. The molecule has 0 unspecified atom stereocenters. The highest BCUT2D eigenvalue weighted by Crippen LogP contribution is 2.22. The Morgan fingerprint density at radius 1 is 0.667 bits per heavy atom. The van der Waals surface area contributed by atoms with E-state index in [0.29, 0.717) is 24.7 Å². The summed E-state index contributed by atoms with van der Waals surface area (Å²) in [6.45, 7) is 15.6. The van der Waals surface area contributed by atoms with Crippen LogP contribution in [0.5, 0.6) is 0 Å². The number of halogens is 2. The maximum absolute atomic E-state index is 12.2. The number of ether oxygens (including phenoxy) is 2. The van der Waals surface area contributed by atoms with E-state index in [1.54, 1.807) is 13.8 Å². The van der Waals surface area contributed by atoms with Gasteiger partial charge in [0, 0.05) is 8.95 Å². The van der Waals surface area contributed by atoms with Gasteiger partial charge >= 0.3 is 11.9 Å². The molecule has 2 rings (SSSR count). The van der Waals surface area contributed by atoms with Crippen LogP contribution in [-0.2, 0) is 52.5 Å². The van der Waals surface area contributed by atoms with Crippen LogP contribution in [0.2, 0.25) is 0 Å². The SMILES string of the molecule is CCOC(=O)[C@@H](N[S@@](=O)Cc1ccc(Br)cc1)C(C)(C)C.CCOC(=O)[C@@H](N[S@@](=O)Cc1ccc(Br)cc1)C(C)(C)C. The molecule has 42 heavy (non-hydrogen) atoms. The van der Waals surface area contributed by atoms with Gasteiger partial charge in [0.2, 0.25) is 0 Å². The first-order chi connectivity index (χ1) is 19.5. The third kappa shape index (κ3) is 14.8. The Labute approximate surface area is 272 Å². The summed E-state index contributed by atoms with van der Waals surface area (Å²) in [6.07, 6.45) is 0. The zero-order chi connectivity index (χ0) is 32.1. The molecule has 0 heterocycles. The van der Waals surface area contributed by atoms with E-state index in [2.05, 4.69) is 41.3 Å². The summed E-state index contributed by atoms with van der Waals surface area (Å²) in [4.78, 5) is 24.0. The Morgan fingerprint density at radius 2 is 0.952 bits per heavy atom. The van der Waals surface area contributed by atoms with Gasteiger partial charge in [-0.2, -0.15) is 0 Å². The average molecular weight is 753 g/mol. The summed E-state index contributed by atoms with van der Waals surface area (Å²) in [7, 11) is -2.69. The number of carbonyl (C=O) groups is 2. The van der Waals surface area contributed by atoms with Crippen molar-refractivity contribution in [3.05, 3.63) is 68.6 Å². The van der Waals surface area contributed by atoms with Gasteiger partial charge in [-0.1, -0.05) is 97.7 Å². The summed E-state index contributed by atoms with van der Waals surface area (Å²) in [5.74, 6) is -0.0401. The highest BCUT2D eigenvalue weighted by atomic mass is 79.9. The number of esters is 2.